The molecule has 5 nitrogen and oxygen atoms in total. The van der Waals surface area contributed by atoms with E-state index in [1.54, 1.807) is 17.5 Å². The van der Waals surface area contributed by atoms with Crippen molar-refractivity contribution in [3.63, 3.8) is 0 Å². The highest BCUT2D eigenvalue weighted by Crippen LogP contribution is 2.32. The topological polar surface area (TPSA) is 59.5 Å². The first-order valence-corrected chi connectivity index (χ1v) is 11.5. The number of aryl methyl sites for hydroxylation is 1. The van der Waals surface area contributed by atoms with Crippen LogP contribution in [0, 0.1) is 12.7 Å². The van der Waals surface area contributed by atoms with Gasteiger partial charge in [0.15, 0.2) is 5.13 Å². The number of amides is 1. The predicted octanol–water partition coefficient (Wildman–Crippen LogP) is 6.36. The van der Waals surface area contributed by atoms with E-state index in [0.717, 1.165) is 16.7 Å². The van der Waals surface area contributed by atoms with Crippen LogP contribution in [0.5, 0.6) is 0 Å². The molecule has 2 aromatic carbocycles. The van der Waals surface area contributed by atoms with E-state index in [-0.39, 0.29) is 18.2 Å². The number of para-hydroxylation sites is 1. The molecule has 0 aliphatic heterocycles. The molecule has 0 radical (unpaired) electrons. The first kappa shape index (κ1) is 21.9. The van der Waals surface area contributed by atoms with Gasteiger partial charge < -0.3 is 4.74 Å². The zero-order valence-electron chi connectivity index (χ0n) is 17.4. The Bertz CT molecular complexity index is 1260. The molecule has 162 valence electrons. The number of aromatic nitrogens is 1. The maximum absolute atomic E-state index is 14.2. The molecule has 2 heterocycles. The summed E-state index contributed by atoms with van der Waals surface area (Å²) >= 11 is 2.50. The fourth-order valence-corrected chi connectivity index (χ4v) is 4.81. The number of carbonyl (C=O) groups excluding carboxylic acids is 2. The molecule has 0 aliphatic carbocycles. The third kappa shape index (κ3) is 4.61. The summed E-state index contributed by atoms with van der Waals surface area (Å²) in [6.45, 7) is 3.30. The first-order valence-electron chi connectivity index (χ1n) is 9.75. The molecule has 0 fully saturated rings. The van der Waals surface area contributed by atoms with Crippen LogP contribution in [0.3, 0.4) is 0 Å². The lowest BCUT2D eigenvalue weighted by Crippen LogP contribution is -2.23. The van der Waals surface area contributed by atoms with Gasteiger partial charge in [0, 0.05) is 17.9 Å². The maximum Gasteiger partial charge on any atom is 0.349 e. The van der Waals surface area contributed by atoms with Gasteiger partial charge in [-0.05, 0) is 36.1 Å². The van der Waals surface area contributed by atoms with Crippen molar-refractivity contribution in [2.24, 2.45) is 0 Å². The highest BCUT2D eigenvalue weighted by molar-refractivity contribution is 7.14. The van der Waals surface area contributed by atoms with Gasteiger partial charge in [-0.25, -0.2) is 14.2 Å². The number of hydrogen-bond acceptors (Lipinski definition) is 6. The van der Waals surface area contributed by atoms with E-state index < -0.39 is 11.8 Å². The normalized spacial score (nSPS) is 10.7. The van der Waals surface area contributed by atoms with Gasteiger partial charge in [-0.3, -0.25) is 9.69 Å². The Balaban J connectivity index is 1.49. The van der Waals surface area contributed by atoms with Gasteiger partial charge in [0.05, 0.1) is 11.4 Å². The number of ether oxygens (including phenoxy) is 1. The number of hydrogen-bond donors (Lipinski definition) is 0. The largest absolute Gasteiger partial charge is 0.455 e. The van der Waals surface area contributed by atoms with Crippen LogP contribution < -0.4 is 4.90 Å². The van der Waals surface area contributed by atoms with Crippen molar-refractivity contribution in [1.82, 2.24) is 4.98 Å². The van der Waals surface area contributed by atoms with E-state index in [4.69, 9.17) is 4.74 Å². The second-order valence-corrected chi connectivity index (χ2v) is 8.79. The lowest BCUT2D eigenvalue weighted by atomic mass is 10.1. The van der Waals surface area contributed by atoms with Crippen molar-refractivity contribution in [2.45, 2.75) is 20.5 Å². The van der Waals surface area contributed by atoms with Crippen LogP contribution in [-0.2, 0) is 16.1 Å². The van der Waals surface area contributed by atoms with Gasteiger partial charge in [0.2, 0.25) is 5.91 Å². The van der Waals surface area contributed by atoms with E-state index in [2.05, 4.69) is 4.98 Å². The quantitative estimate of drug-likeness (QED) is 0.310. The Hall–Kier alpha value is -3.36. The van der Waals surface area contributed by atoms with Crippen molar-refractivity contribution in [3.05, 3.63) is 87.3 Å². The molecule has 4 rings (SSSR count). The fourth-order valence-electron chi connectivity index (χ4n) is 3.14. The van der Waals surface area contributed by atoms with E-state index in [1.807, 2.05) is 42.6 Å². The number of rotatable bonds is 6. The van der Waals surface area contributed by atoms with Crippen molar-refractivity contribution < 1.29 is 18.7 Å². The minimum absolute atomic E-state index is 0.0520. The third-order valence-corrected chi connectivity index (χ3v) is 6.47. The molecule has 0 saturated heterocycles. The van der Waals surface area contributed by atoms with Crippen LogP contribution in [0.1, 0.15) is 27.9 Å². The molecule has 8 heteroatoms. The Morgan fingerprint density at radius 1 is 1.06 bits per heavy atom. The van der Waals surface area contributed by atoms with E-state index in [9.17, 15) is 14.0 Å². The molecular formula is C24H19FN2O3S2. The van der Waals surface area contributed by atoms with Crippen LogP contribution in [-0.4, -0.2) is 16.9 Å². The minimum atomic E-state index is -0.521. The molecule has 4 aromatic rings. The van der Waals surface area contributed by atoms with Crippen molar-refractivity contribution in [1.29, 1.82) is 0 Å². The Morgan fingerprint density at radius 3 is 2.53 bits per heavy atom. The molecule has 2 aromatic heterocycles. The molecule has 0 N–H and O–H groups in total. The predicted molar refractivity (Wildman–Crippen MR) is 125 cm³/mol. The number of anilines is 2. The minimum Gasteiger partial charge on any atom is -0.455 e. The fraction of sp³-hybridized carbons (Fsp3) is 0.125. The number of esters is 1. The number of halogens is 1. The SMILES string of the molecule is CC(=O)N(c1nc(COC(=O)c2sccc2-c2ccc(C)cc2)cs1)c1ccccc1F. The van der Waals surface area contributed by atoms with Gasteiger partial charge >= 0.3 is 5.97 Å². The first-order chi connectivity index (χ1) is 15.4. The Morgan fingerprint density at radius 2 is 1.81 bits per heavy atom. The molecule has 1 amide bonds. The zero-order chi connectivity index (χ0) is 22.7. The van der Waals surface area contributed by atoms with Crippen LogP contribution in [0.4, 0.5) is 15.2 Å². The van der Waals surface area contributed by atoms with Gasteiger partial charge in [-0.15, -0.1) is 22.7 Å². The Labute approximate surface area is 192 Å². The number of thiazole rings is 1. The van der Waals surface area contributed by atoms with Crippen LogP contribution >= 0.6 is 22.7 Å². The second kappa shape index (κ2) is 9.42. The summed E-state index contributed by atoms with van der Waals surface area (Å²) in [6.07, 6.45) is 0. The lowest BCUT2D eigenvalue weighted by Gasteiger charge is -2.18. The average Bonchev–Trinajstić information content (AvgIpc) is 3.44. The van der Waals surface area contributed by atoms with Crippen molar-refractivity contribution in [2.75, 3.05) is 4.90 Å². The second-order valence-electron chi connectivity index (χ2n) is 7.03. The summed E-state index contributed by atoms with van der Waals surface area (Å²) in [5, 5.41) is 3.85. The number of thiophene rings is 1. The molecule has 0 atom stereocenters. The summed E-state index contributed by atoms with van der Waals surface area (Å²) in [7, 11) is 0. The summed E-state index contributed by atoms with van der Waals surface area (Å²) < 4.78 is 19.7. The number of benzene rings is 2. The number of nitrogens with zero attached hydrogens (tertiary/aromatic N) is 2. The molecule has 0 spiro atoms. The smallest absolute Gasteiger partial charge is 0.349 e. The standard InChI is InChI=1S/C24H19FN2O3S2/c1-15-7-9-17(10-8-15)19-11-12-31-22(19)23(29)30-13-18-14-32-24(26-18)27(16(2)28)21-6-4-3-5-20(21)25/h3-12,14H,13H2,1-2H3. The monoisotopic (exact) mass is 466 g/mol. The maximum atomic E-state index is 14.2. The van der Waals surface area contributed by atoms with Gasteiger partial charge in [-0.1, -0.05) is 42.0 Å². The molecule has 0 bridgehead atoms. The van der Waals surface area contributed by atoms with Crippen molar-refractivity contribution in [3.8, 4) is 11.1 Å². The number of carbonyl (C=O) groups is 2. The summed E-state index contributed by atoms with van der Waals surface area (Å²) in [4.78, 5) is 31.0. The van der Waals surface area contributed by atoms with Crippen LogP contribution in [0.2, 0.25) is 0 Å². The molecular weight excluding hydrogens is 447 g/mol. The summed E-state index contributed by atoms with van der Waals surface area (Å²) in [5.41, 5.74) is 3.51. The van der Waals surface area contributed by atoms with Gasteiger partial charge in [-0.2, -0.15) is 0 Å². The van der Waals surface area contributed by atoms with E-state index >= 15 is 0 Å². The zero-order valence-corrected chi connectivity index (χ0v) is 19.0. The van der Waals surface area contributed by atoms with Crippen LogP contribution in [0.15, 0.2) is 65.4 Å². The molecule has 0 aliphatic rings. The Kier molecular flexibility index (Phi) is 6.43. The molecule has 0 saturated carbocycles. The third-order valence-electron chi connectivity index (χ3n) is 4.70. The average molecular weight is 467 g/mol. The van der Waals surface area contributed by atoms with Crippen LogP contribution in [0.25, 0.3) is 11.1 Å². The van der Waals surface area contributed by atoms with E-state index in [0.29, 0.717) is 15.7 Å². The van der Waals surface area contributed by atoms with Gasteiger partial charge in [0.25, 0.3) is 0 Å². The molecule has 32 heavy (non-hydrogen) atoms. The summed E-state index contributed by atoms with van der Waals surface area (Å²) in [5.74, 6) is -1.33. The highest BCUT2D eigenvalue weighted by Gasteiger charge is 2.22. The summed E-state index contributed by atoms with van der Waals surface area (Å²) in [6, 6.07) is 15.8. The lowest BCUT2D eigenvalue weighted by molar-refractivity contribution is -0.115. The molecule has 0 unspecified atom stereocenters. The van der Waals surface area contributed by atoms with E-state index in [1.165, 1.54) is 46.6 Å². The highest BCUT2D eigenvalue weighted by atomic mass is 32.1. The van der Waals surface area contributed by atoms with Crippen molar-refractivity contribution >= 4 is 45.4 Å². The van der Waals surface area contributed by atoms with Gasteiger partial charge in [0.1, 0.15) is 17.3 Å².